The molecule has 0 rings (SSSR count). The van der Waals surface area contributed by atoms with Gasteiger partial charge < -0.3 is 8.85 Å². The van der Waals surface area contributed by atoms with Crippen LogP contribution in [0, 0.1) is 0 Å². The summed E-state index contributed by atoms with van der Waals surface area (Å²) in [5.41, 5.74) is 0. The third kappa shape index (κ3) is 10.4. The lowest BCUT2D eigenvalue weighted by molar-refractivity contribution is 0.212. The second-order valence-corrected chi connectivity index (χ2v) is 5.58. The molecule has 0 saturated carbocycles. The number of hydrogen-bond acceptors (Lipinski definition) is 2. The second-order valence-electron chi connectivity index (χ2n) is 3.76. The molecule has 0 N–H and O–H groups in total. The largest absolute Gasteiger partial charge is 0.394 e. The molecule has 15 heavy (non-hydrogen) atoms. The Balaban J connectivity index is 3.28. The number of rotatable bonds is 11. The van der Waals surface area contributed by atoms with Crippen molar-refractivity contribution in [2.45, 2.75) is 65.3 Å². The van der Waals surface area contributed by atoms with Crippen LogP contribution in [-0.4, -0.2) is 22.5 Å². The van der Waals surface area contributed by atoms with Crippen LogP contribution in [0.4, 0.5) is 0 Å². The highest BCUT2D eigenvalue weighted by Crippen LogP contribution is 2.10. The minimum absolute atomic E-state index is 0.796. The Bertz CT molecular complexity index is 114. The fourth-order valence-corrected chi connectivity index (χ4v) is 3.11. The van der Waals surface area contributed by atoms with Crippen LogP contribution in [0.15, 0.2) is 0 Å². The van der Waals surface area contributed by atoms with Crippen molar-refractivity contribution in [1.82, 2.24) is 0 Å². The molecule has 0 aromatic carbocycles. The summed E-state index contributed by atoms with van der Waals surface area (Å²) in [6.45, 7) is 7.94. The molecule has 0 aliphatic rings. The average Bonchev–Trinajstić information content (AvgIpc) is 2.24. The molecule has 0 heterocycles. The van der Waals surface area contributed by atoms with Gasteiger partial charge in [0.25, 0.3) is 0 Å². The first-order chi connectivity index (χ1) is 7.35. The zero-order valence-corrected chi connectivity index (χ0v) is 11.7. The van der Waals surface area contributed by atoms with Crippen molar-refractivity contribution in [1.29, 1.82) is 0 Å². The van der Waals surface area contributed by atoms with Crippen molar-refractivity contribution in [2.24, 2.45) is 0 Å². The highest BCUT2D eigenvalue weighted by Gasteiger charge is 2.13. The summed E-state index contributed by atoms with van der Waals surface area (Å²) in [5, 5.41) is 0. The molecular formula is C12H27O2Si. The smallest absolute Gasteiger partial charge is 0.384 e. The molecule has 2 nitrogen and oxygen atoms in total. The van der Waals surface area contributed by atoms with Gasteiger partial charge in [-0.1, -0.05) is 45.4 Å². The van der Waals surface area contributed by atoms with Crippen molar-refractivity contribution in [3.05, 3.63) is 0 Å². The molecule has 0 aliphatic heterocycles. The van der Waals surface area contributed by atoms with Crippen LogP contribution in [0.2, 0.25) is 6.04 Å². The van der Waals surface area contributed by atoms with Crippen LogP contribution >= 0.6 is 0 Å². The minimum atomic E-state index is -0.939. The topological polar surface area (TPSA) is 18.5 Å². The van der Waals surface area contributed by atoms with E-state index in [1.807, 2.05) is 13.8 Å². The molecule has 1 radical (unpaired) electrons. The van der Waals surface area contributed by atoms with Crippen LogP contribution in [0.25, 0.3) is 0 Å². The predicted octanol–water partition coefficient (Wildman–Crippen LogP) is 3.91. The van der Waals surface area contributed by atoms with E-state index in [0.717, 1.165) is 19.3 Å². The Morgan fingerprint density at radius 1 is 0.733 bits per heavy atom. The maximum absolute atomic E-state index is 5.59. The third-order valence-corrected chi connectivity index (χ3v) is 4.33. The van der Waals surface area contributed by atoms with Crippen molar-refractivity contribution in [2.75, 3.05) is 13.2 Å². The summed E-state index contributed by atoms with van der Waals surface area (Å²) in [4.78, 5) is 0. The lowest BCUT2D eigenvalue weighted by Crippen LogP contribution is -2.22. The Hall–Kier alpha value is 0.137. The summed E-state index contributed by atoms with van der Waals surface area (Å²) < 4.78 is 11.2. The van der Waals surface area contributed by atoms with Gasteiger partial charge in [-0.05, 0) is 19.9 Å². The summed E-state index contributed by atoms with van der Waals surface area (Å²) in [5.74, 6) is 0. The van der Waals surface area contributed by atoms with Gasteiger partial charge >= 0.3 is 9.28 Å². The molecule has 3 heteroatoms. The van der Waals surface area contributed by atoms with Gasteiger partial charge in [0.1, 0.15) is 0 Å². The van der Waals surface area contributed by atoms with E-state index in [1.165, 1.54) is 38.5 Å². The SMILES string of the molecule is CCCCCCCC[Si](OCC)OCC. The lowest BCUT2D eigenvalue weighted by atomic mass is 10.1. The van der Waals surface area contributed by atoms with Crippen LogP contribution in [-0.2, 0) is 8.85 Å². The molecule has 0 bridgehead atoms. The summed E-state index contributed by atoms with van der Waals surface area (Å²) in [6, 6.07) is 1.15. The zero-order valence-electron chi connectivity index (χ0n) is 10.7. The van der Waals surface area contributed by atoms with Crippen LogP contribution in [0.1, 0.15) is 59.3 Å². The summed E-state index contributed by atoms with van der Waals surface area (Å²) in [7, 11) is -0.939. The lowest BCUT2D eigenvalue weighted by Gasteiger charge is -2.12. The van der Waals surface area contributed by atoms with E-state index in [2.05, 4.69) is 6.92 Å². The fourth-order valence-electron chi connectivity index (χ4n) is 1.56. The first-order valence-electron chi connectivity index (χ1n) is 6.46. The van der Waals surface area contributed by atoms with Gasteiger partial charge in [-0.3, -0.25) is 0 Å². The Kier molecular flexibility index (Phi) is 12.3. The zero-order chi connectivity index (χ0) is 11.4. The molecular weight excluding hydrogens is 204 g/mol. The van der Waals surface area contributed by atoms with E-state index in [9.17, 15) is 0 Å². The van der Waals surface area contributed by atoms with Crippen molar-refractivity contribution in [3.8, 4) is 0 Å². The van der Waals surface area contributed by atoms with Crippen molar-refractivity contribution in [3.63, 3.8) is 0 Å². The maximum Gasteiger partial charge on any atom is 0.384 e. The molecule has 91 valence electrons. The Morgan fingerprint density at radius 2 is 1.27 bits per heavy atom. The average molecular weight is 231 g/mol. The van der Waals surface area contributed by atoms with E-state index in [0.29, 0.717) is 0 Å². The molecule has 0 fully saturated rings. The molecule has 0 spiro atoms. The van der Waals surface area contributed by atoms with Crippen LogP contribution < -0.4 is 0 Å². The molecule has 0 atom stereocenters. The van der Waals surface area contributed by atoms with Gasteiger partial charge in [-0.15, -0.1) is 0 Å². The Morgan fingerprint density at radius 3 is 1.80 bits per heavy atom. The van der Waals surface area contributed by atoms with Crippen molar-refractivity contribution < 1.29 is 8.85 Å². The van der Waals surface area contributed by atoms with Gasteiger partial charge in [-0.2, -0.15) is 0 Å². The van der Waals surface area contributed by atoms with Crippen molar-refractivity contribution >= 4 is 9.28 Å². The quantitative estimate of drug-likeness (QED) is 0.396. The predicted molar refractivity (Wildman–Crippen MR) is 67.2 cm³/mol. The van der Waals surface area contributed by atoms with E-state index < -0.39 is 9.28 Å². The standard InChI is InChI=1S/C12H27O2Si/c1-4-7-8-9-10-11-12-15(13-5-2)14-6-3/h4-12H2,1-3H3. The Labute approximate surface area is 97.2 Å². The number of hydrogen-bond donors (Lipinski definition) is 0. The summed E-state index contributed by atoms with van der Waals surface area (Å²) >= 11 is 0. The fraction of sp³-hybridized carbons (Fsp3) is 1.00. The van der Waals surface area contributed by atoms with E-state index in [1.54, 1.807) is 0 Å². The summed E-state index contributed by atoms with van der Waals surface area (Å²) in [6.07, 6.45) is 8.09. The van der Waals surface area contributed by atoms with E-state index in [4.69, 9.17) is 8.85 Å². The van der Waals surface area contributed by atoms with Gasteiger partial charge in [0, 0.05) is 13.2 Å². The third-order valence-electron chi connectivity index (χ3n) is 2.35. The minimum Gasteiger partial charge on any atom is -0.394 e. The van der Waals surface area contributed by atoms with Gasteiger partial charge in [0.05, 0.1) is 0 Å². The van der Waals surface area contributed by atoms with Crippen LogP contribution in [0.3, 0.4) is 0 Å². The van der Waals surface area contributed by atoms with Gasteiger partial charge in [0.2, 0.25) is 0 Å². The maximum atomic E-state index is 5.59. The molecule has 0 amide bonds. The first-order valence-corrected chi connectivity index (χ1v) is 7.98. The molecule has 0 unspecified atom stereocenters. The van der Waals surface area contributed by atoms with Crippen LogP contribution in [0.5, 0.6) is 0 Å². The number of unbranched alkanes of at least 4 members (excludes halogenated alkanes) is 5. The highest BCUT2D eigenvalue weighted by atomic mass is 28.3. The monoisotopic (exact) mass is 231 g/mol. The molecule has 0 aromatic rings. The van der Waals surface area contributed by atoms with E-state index >= 15 is 0 Å². The second kappa shape index (κ2) is 12.2. The molecule has 0 aliphatic carbocycles. The van der Waals surface area contributed by atoms with Gasteiger partial charge in [0.15, 0.2) is 0 Å². The molecule has 0 aromatic heterocycles. The normalized spacial score (nSPS) is 11.2. The molecule has 0 saturated heterocycles. The first kappa shape index (κ1) is 15.1. The highest BCUT2D eigenvalue weighted by molar-refractivity contribution is 6.44. The van der Waals surface area contributed by atoms with Gasteiger partial charge in [-0.25, -0.2) is 0 Å². The van der Waals surface area contributed by atoms with E-state index in [-0.39, 0.29) is 0 Å².